The second-order valence-corrected chi connectivity index (χ2v) is 7.06. The van der Waals surface area contributed by atoms with Crippen LogP contribution in [0, 0.1) is 0 Å². The van der Waals surface area contributed by atoms with Crippen LogP contribution in [0.3, 0.4) is 0 Å². The van der Waals surface area contributed by atoms with E-state index in [9.17, 15) is 0 Å². The normalized spacial score (nSPS) is 20.9. The van der Waals surface area contributed by atoms with E-state index in [1.807, 2.05) is 0 Å². The first-order valence-corrected chi connectivity index (χ1v) is 8.51. The summed E-state index contributed by atoms with van der Waals surface area (Å²) in [6.45, 7) is 1.12. The summed E-state index contributed by atoms with van der Waals surface area (Å²) in [6, 6.07) is 18.0. The molecule has 0 amide bonds. The number of hydrogen-bond acceptors (Lipinski definition) is 2. The molecule has 20 heavy (non-hydrogen) atoms. The minimum atomic E-state index is 0.378. The number of hydrogen-bond donors (Lipinski definition) is 1. The van der Waals surface area contributed by atoms with Crippen LogP contribution in [0.4, 0.5) is 0 Å². The van der Waals surface area contributed by atoms with E-state index in [2.05, 4.69) is 65.6 Å². The molecule has 1 fully saturated rings. The van der Waals surface area contributed by atoms with Crippen molar-refractivity contribution in [3.05, 3.63) is 59.7 Å². The zero-order valence-corrected chi connectivity index (χ0v) is 12.3. The van der Waals surface area contributed by atoms with Crippen molar-refractivity contribution in [1.82, 2.24) is 5.32 Å². The van der Waals surface area contributed by atoms with Gasteiger partial charge in [-0.1, -0.05) is 48.5 Å². The minimum Gasteiger partial charge on any atom is -0.305 e. The van der Waals surface area contributed by atoms with Gasteiger partial charge in [0.05, 0.1) is 6.04 Å². The standard InChI is InChI=1S/C18H19NS/c1-3-9-16-14(7-1)15-8-2-4-10-17(15)18(16)19-12-13-6-5-11-20-13/h1-4,7-10,13,18-19H,5-6,11-12H2. The zero-order chi connectivity index (χ0) is 13.4. The van der Waals surface area contributed by atoms with Crippen LogP contribution in [0.5, 0.6) is 0 Å². The molecule has 1 saturated heterocycles. The molecule has 1 N–H and O–H groups in total. The van der Waals surface area contributed by atoms with Crippen molar-refractivity contribution < 1.29 is 0 Å². The lowest BCUT2D eigenvalue weighted by atomic mass is 10.1. The summed E-state index contributed by atoms with van der Waals surface area (Å²) in [6.07, 6.45) is 2.75. The fraction of sp³-hybridized carbons (Fsp3) is 0.333. The average molecular weight is 281 g/mol. The molecule has 1 aliphatic carbocycles. The van der Waals surface area contributed by atoms with Crippen molar-refractivity contribution in [3.63, 3.8) is 0 Å². The van der Waals surface area contributed by atoms with Crippen molar-refractivity contribution in [3.8, 4) is 11.1 Å². The van der Waals surface area contributed by atoms with Gasteiger partial charge in [0.2, 0.25) is 0 Å². The Hall–Kier alpha value is -1.25. The molecule has 1 nitrogen and oxygen atoms in total. The molecular weight excluding hydrogens is 262 g/mol. The van der Waals surface area contributed by atoms with Gasteiger partial charge in [0.15, 0.2) is 0 Å². The van der Waals surface area contributed by atoms with Gasteiger partial charge in [-0.25, -0.2) is 0 Å². The molecule has 2 heteroatoms. The SMILES string of the molecule is c1ccc2c(c1)-c1ccccc1C2NCC1CCCS1. The van der Waals surface area contributed by atoms with Crippen molar-refractivity contribution in [2.45, 2.75) is 24.1 Å². The summed E-state index contributed by atoms with van der Waals surface area (Å²) in [5, 5.41) is 4.62. The molecule has 1 atom stereocenters. The van der Waals surface area contributed by atoms with Gasteiger partial charge in [0, 0.05) is 11.8 Å². The topological polar surface area (TPSA) is 12.0 Å². The lowest BCUT2D eigenvalue weighted by Gasteiger charge is -2.18. The zero-order valence-electron chi connectivity index (χ0n) is 11.5. The number of thioether (sulfide) groups is 1. The minimum absolute atomic E-state index is 0.378. The Balaban J connectivity index is 1.64. The van der Waals surface area contributed by atoms with Gasteiger partial charge in [0.25, 0.3) is 0 Å². The highest BCUT2D eigenvalue weighted by Crippen LogP contribution is 2.43. The van der Waals surface area contributed by atoms with Crippen LogP contribution < -0.4 is 5.32 Å². The van der Waals surface area contributed by atoms with Crippen LogP contribution in [0.25, 0.3) is 11.1 Å². The smallest absolute Gasteiger partial charge is 0.0589 e. The van der Waals surface area contributed by atoms with Crippen molar-refractivity contribution in [1.29, 1.82) is 0 Å². The lowest BCUT2D eigenvalue weighted by Crippen LogP contribution is -2.27. The molecule has 0 saturated carbocycles. The van der Waals surface area contributed by atoms with E-state index in [0.717, 1.165) is 11.8 Å². The van der Waals surface area contributed by atoms with Crippen LogP contribution in [-0.4, -0.2) is 17.5 Å². The molecule has 4 rings (SSSR count). The Labute approximate surface area is 124 Å². The maximum Gasteiger partial charge on any atom is 0.0589 e. The molecule has 0 spiro atoms. The molecule has 1 aliphatic heterocycles. The third-order valence-electron chi connectivity index (χ3n) is 4.41. The van der Waals surface area contributed by atoms with E-state index in [0.29, 0.717) is 6.04 Å². The third kappa shape index (κ3) is 2.07. The summed E-state index contributed by atoms with van der Waals surface area (Å²) in [4.78, 5) is 0. The Morgan fingerprint density at radius 1 is 0.950 bits per heavy atom. The highest BCUT2D eigenvalue weighted by Gasteiger charge is 2.28. The van der Waals surface area contributed by atoms with Gasteiger partial charge in [-0.05, 0) is 40.8 Å². The van der Waals surface area contributed by atoms with E-state index in [-0.39, 0.29) is 0 Å². The summed E-state index contributed by atoms with van der Waals surface area (Å²) < 4.78 is 0. The molecular formula is C18H19NS. The second-order valence-electron chi connectivity index (χ2n) is 5.65. The van der Waals surface area contributed by atoms with Gasteiger partial charge >= 0.3 is 0 Å². The van der Waals surface area contributed by atoms with Crippen LogP contribution >= 0.6 is 11.8 Å². The van der Waals surface area contributed by atoms with E-state index in [4.69, 9.17) is 0 Å². The number of rotatable bonds is 3. The first-order chi connectivity index (χ1) is 9.93. The molecule has 0 radical (unpaired) electrons. The predicted octanol–water partition coefficient (Wildman–Crippen LogP) is 4.24. The molecule has 2 aliphatic rings. The Kier molecular flexibility index (Phi) is 3.29. The molecule has 0 bridgehead atoms. The third-order valence-corrected chi connectivity index (χ3v) is 5.81. The highest BCUT2D eigenvalue weighted by atomic mass is 32.2. The fourth-order valence-corrected chi connectivity index (χ4v) is 4.64. The van der Waals surface area contributed by atoms with Crippen LogP contribution in [0.15, 0.2) is 48.5 Å². The molecule has 1 heterocycles. The fourth-order valence-electron chi connectivity index (χ4n) is 3.43. The van der Waals surface area contributed by atoms with Crippen LogP contribution in [-0.2, 0) is 0 Å². The van der Waals surface area contributed by atoms with E-state index in [1.54, 1.807) is 0 Å². The highest BCUT2D eigenvalue weighted by molar-refractivity contribution is 8.00. The van der Waals surface area contributed by atoms with Gasteiger partial charge in [0.1, 0.15) is 0 Å². The van der Waals surface area contributed by atoms with Gasteiger partial charge < -0.3 is 5.32 Å². The first kappa shape index (κ1) is 12.5. The average Bonchev–Trinajstić information content (AvgIpc) is 3.11. The van der Waals surface area contributed by atoms with Crippen molar-refractivity contribution in [2.75, 3.05) is 12.3 Å². The molecule has 2 aromatic rings. The van der Waals surface area contributed by atoms with Crippen molar-refractivity contribution >= 4 is 11.8 Å². The molecule has 0 aromatic heterocycles. The van der Waals surface area contributed by atoms with Crippen LogP contribution in [0.1, 0.15) is 30.0 Å². The second kappa shape index (κ2) is 5.27. The Bertz CT molecular complexity index is 571. The summed E-state index contributed by atoms with van der Waals surface area (Å²) in [5.74, 6) is 1.34. The molecule has 102 valence electrons. The summed E-state index contributed by atoms with van der Waals surface area (Å²) >= 11 is 2.13. The van der Waals surface area contributed by atoms with E-state index < -0.39 is 0 Å². The Morgan fingerprint density at radius 2 is 1.60 bits per heavy atom. The lowest BCUT2D eigenvalue weighted by molar-refractivity contribution is 0.592. The Morgan fingerprint density at radius 3 is 2.20 bits per heavy atom. The van der Waals surface area contributed by atoms with Crippen molar-refractivity contribution in [2.24, 2.45) is 0 Å². The number of benzene rings is 2. The van der Waals surface area contributed by atoms with E-state index in [1.165, 1.54) is 40.8 Å². The summed E-state index contributed by atoms with van der Waals surface area (Å²) in [5.41, 5.74) is 5.69. The quantitative estimate of drug-likeness (QED) is 0.903. The number of nitrogens with one attached hydrogen (secondary N) is 1. The predicted molar refractivity (Wildman–Crippen MR) is 87.2 cm³/mol. The maximum absolute atomic E-state index is 3.82. The summed E-state index contributed by atoms with van der Waals surface area (Å²) in [7, 11) is 0. The molecule has 1 unspecified atom stereocenters. The largest absolute Gasteiger partial charge is 0.305 e. The first-order valence-electron chi connectivity index (χ1n) is 7.47. The van der Waals surface area contributed by atoms with Gasteiger partial charge in [-0.15, -0.1) is 0 Å². The van der Waals surface area contributed by atoms with E-state index >= 15 is 0 Å². The monoisotopic (exact) mass is 281 g/mol. The van der Waals surface area contributed by atoms with Gasteiger partial charge in [-0.2, -0.15) is 11.8 Å². The van der Waals surface area contributed by atoms with Gasteiger partial charge in [-0.3, -0.25) is 0 Å². The number of fused-ring (bicyclic) bond motifs is 3. The molecule has 2 aromatic carbocycles. The van der Waals surface area contributed by atoms with Crippen LogP contribution in [0.2, 0.25) is 0 Å². The maximum atomic E-state index is 3.82.